The maximum Gasteiger partial charge on any atom is 0.224 e. The van der Waals surface area contributed by atoms with E-state index >= 15 is 0 Å². The molecule has 0 aliphatic carbocycles. The fourth-order valence-electron chi connectivity index (χ4n) is 2.33. The van der Waals surface area contributed by atoms with Crippen LogP contribution in [-0.2, 0) is 11.3 Å². The van der Waals surface area contributed by atoms with Crippen molar-refractivity contribution >= 4 is 41.7 Å². The molecule has 22 heavy (non-hydrogen) atoms. The Morgan fingerprint density at radius 3 is 2.95 bits per heavy atom. The van der Waals surface area contributed by atoms with Crippen molar-refractivity contribution in [1.82, 2.24) is 10.2 Å². The summed E-state index contributed by atoms with van der Waals surface area (Å²) in [7, 11) is 3.44. The Kier molecular flexibility index (Phi) is 8.39. The molecular weight excluding hydrogens is 343 g/mol. The number of carbonyl (C=O) groups is 1. The van der Waals surface area contributed by atoms with Crippen LogP contribution in [0.4, 0.5) is 0 Å². The number of nitrogens with one attached hydrogen (secondary N) is 1. The van der Waals surface area contributed by atoms with E-state index in [0.717, 1.165) is 29.4 Å². The third-order valence-electron chi connectivity index (χ3n) is 3.50. The van der Waals surface area contributed by atoms with E-state index in [1.807, 2.05) is 30.9 Å². The molecule has 1 aliphatic rings. The molecule has 4 nitrogen and oxygen atoms in total. The van der Waals surface area contributed by atoms with Gasteiger partial charge in [0.05, 0.1) is 7.11 Å². The Bertz CT molecular complexity index is 496. The predicted octanol–water partition coefficient (Wildman–Crippen LogP) is 2.82. The van der Waals surface area contributed by atoms with Crippen LogP contribution < -0.4 is 10.1 Å². The van der Waals surface area contributed by atoms with Crippen molar-refractivity contribution in [1.29, 1.82) is 0 Å². The standard InChI is InChI=1S/C15H21ClN2O2S.ClH/c1-18(15(19)8-13-10-21-6-5-17-13)9-11-7-12(16)3-4-14(11)20-2;/h3-4,7,13,17H,5-6,8-10H2,1-2H3;1H. The third-order valence-corrected chi connectivity index (χ3v) is 4.86. The summed E-state index contributed by atoms with van der Waals surface area (Å²) in [5.41, 5.74) is 0.923. The molecule has 1 saturated heterocycles. The molecule has 2 rings (SSSR count). The minimum atomic E-state index is 0. The number of ether oxygens (including phenoxy) is 1. The van der Waals surface area contributed by atoms with E-state index in [9.17, 15) is 4.79 Å². The normalized spacial score (nSPS) is 17.5. The molecule has 1 aromatic carbocycles. The number of amides is 1. The first-order valence-electron chi connectivity index (χ1n) is 6.97. The summed E-state index contributed by atoms with van der Waals surface area (Å²) < 4.78 is 5.32. The lowest BCUT2D eigenvalue weighted by molar-refractivity contribution is -0.130. The number of nitrogens with zero attached hydrogens (tertiary/aromatic N) is 1. The van der Waals surface area contributed by atoms with E-state index in [0.29, 0.717) is 18.0 Å². The molecule has 1 unspecified atom stereocenters. The Hall–Kier alpha value is -0.620. The molecule has 7 heteroatoms. The van der Waals surface area contributed by atoms with Gasteiger partial charge in [0.15, 0.2) is 0 Å². The van der Waals surface area contributed by atoms with E-state index < -0.39 is 0 Å². The van der Waals surface area contributed by atoms with Gasteiger partial charge in [0.25, 0.3) is 0 Å². The number of hydrogen-bond acceptors (Lipinski definition) is 4. The summed E-state index contributed by atoms with van der Waals surface area (Å²) in [4.78, 5) is 14.0. The van der Waals surface area contributed by atoms with Crippen molar-refractivity contribution in [3.8, 4) is 5.75 Å². The molecule has 0 bridgehead atoms. The molecular formula is C15H22Cl2N2O2S. The fraction of sp³-hybridized carbons (Fsp3) is 0.533. The Morgan fingerprint density at radius 1 is 1.55 bits per heavy atom. The number of rotatable bonds is 5. The molecule has 1 atom stereocenters. The van der Waals surface area contributed by atoms with Crippen LogP contribution in [0.5, 0.6) is 5.75 Å². The summed E-state index contributed by atoms with van der Waals surface area (Å²) >= 11 is 7.92. The smallest absolute Gasteiger partial charge is 0.224 e. The van der Waals surface area contributed by atoms with Crippen LogP contribution >= 0.6 is 35.8 Å². The second-order valence-corrected chi connectivity index (χ2v) is 6.72. The van der Waals surface area contributed by atoms with E-state index in [1.54, 1.807) is 18.1 Å². The van der Waals surface area contributed by atoms with Crippen molar-refractivity contribution < 1.29 is 9.53 Å². The molecule has 1 fully saturated rings. The molecule has 1 N–H and O–H groups in total. The van der Waals surface area contributed by atoms with Gasteiger partial charge in [0.1, 0.15) is 5.75 Å². The lowest BCUT2D eigenvalue weighted by Crippen LogP contribution is -2.41. The van der Waals surface area contributed by atoms with Crippen LogP contribution in [0, 0.1) is 0 Å². The van der Waals surface area contributed by atoms with Crippen LogP contribution in [0.15, 0.2) is 18.2 Å². The number of thioether (sulfide) groups is 1. The number of methoxy groups -OCH3 is 1. The summed E-state index contributed by atoms with van der Waals surface area (Å²) in [6.07, 6.45) is 0.534. The van der Waals surface area contributed by atoms with Crippen molar-refractivity contribution in [2.24, 2.45) is 0 Å². The van der Waals surface area contributed by atoms with Crippen LogP contribution in [-0.4, -0.2) is 49.1 Å². The predicted molar refractivity (Wildman–Crippen MR) is 95.5 cm³/mol. The number of carbonyl (C=O) groups excluding carboxylic acids is 1. The number of halogens is 2. The third kappa shape index (κ3) is 5.54. The summed E-state index contributed by atoms with van der Waals surface area (Å²) in [5.74, 6) is 3.02. The Morgan fingerprint density at radius 2 is 2.32 bits per heavy atom. The van der Waals surface area contributed by atoms with Gasteiger partial charge in [-0.2, -0.15) is 11.8 Å². The highest BCUT2D eigenvalue weighted by atomic mass is 35.5. The molecule has 1 aromatic rings. The van der Waals surface area contributed by atoms with Gasteiger partial charge >= 0.3 is 0 Å². The minimum Gasteiger partial charge on any atom is -0.496 e. The van der Waals surface area contributed by atoms with Gasteiger partial charge in [-0.25, -0.2) is 0 Å². The van der Waals surface area contributed by atoms with Gasteiger partial charge in [-0.1, -0.05) is 11.6 Å². The Labute approximate surface area is 147 Å². The average molecular weight is 365 g/mol. The van der Waals surface area contributed by atoms with Gasteiger partial charge in [0.2, 0.25) is 5.91 Å². The summed E-state index contributed by atoms with van der Waals surface area (Å²) in [6.45, 7) is 1.48. The van der Waals surface area contributed by atoms with Crippen LogP contribution in [0.25, 0.3) is 0 Å². The number of hydrogen-bond donors (Lipinski definition) is 1. The maximum atomic E-state index is 12.3. The van der Waals surface area contributed by atoms with Gasteiger partial charge < -0.3 is 15.0 Å². The number of benzene rings is 1. The second-order valence-electron chi connectivity index (χ2n) is 5.14. The van der Waals surface area contributed by atoms with Gasteiger partial charge in [-0.3, -0.25) is 4.79 Å². The van der Waals surface area contributed by atoms with Gasteiger partial charge in [0, 0.05) is 54.7 Å². The van der Waals surface area contributed by atoms with Crippen molar-refractivity contribution in [2.75, 3.05) is 32.2 Å². The topological polar surface area (TPSA) is 41.6 Å². The summed E-state index contributed by atoms with van der Waals surface area (Å²) in [6, 6.07) is 5.74. The molecule has 1 amide bonds. The van der Waals surface area contributed by atoms with E-state index in [4.69, 9.17) is 16.3 Å². The van der Waals surface area contributed by atoms with E-state index in [1.165, 1.54) is 0 Å². The monoisotopic (exact) mass is 364 g/mol. The fourth-order valence-corrected chi connectivity index (χ4v) is 3.48. The zero-order valence-electron chi connectivity index (χ0n) is 12.8. The van der Waals surface area contributed by atoms with E-state index in [2.05, 4.69) is 5.32 Å². The molecule has 0 aromatic heterocycles. The maximum absolute atomic E-state index is 12.3. The molecule has 0 radical (unpaired) electrons. The first kappa shape index (κ1) is 19.4. The zero-order valence-corrected chi connectivity index (χ0v) is 15.2. The van der Waals surface area contributed by atoms with Gasteiger partial charge in [-0.15, -0.1) is 12.4 Å². The lowest BCUT2D eigenvalue weighted by atomic mass is 10.1. The van der Waals surface area contributed by atoms with Crippen LogP contribution in [0.2, 0.25) is 5.02 Å². The summed E-state index contributed by atoms with van der Waals surface area (Å²) in [5, 5.41) is 4.04. The highest BCUT2D eigenvalue weighted by Gasteiger charge is 2.19. The molecule has 1 heterocycles. The lowest BCUT2D eigenvalue weighted by Gasteiger charge is -2.25. The SMILES string of the molecule is COc1ccc(Cl)cc1CN(C)C(=O)CC1CSCCN1.Cl. The molecule has 0 spiro atoms. The Balaban J connectivity index is 0.00000242. The highest BCUT2D eigenvalue weighted by Crippen LogP contribution is 2.24. The van der Waals surface area contributed by atoms with Crippen LogP contribution in [0.3, 0.4) is 0 Å². The van der Waals surface area contributed by atoms with Crippen molar-refractivity contribution in [3.05, 3.63) is 28.8 Å². The van der Waals surface area contributed by atoms with E-state index in [-0.39, 0.29) is 24.4 Å². The average Bonchev–Trinajstić information content (AvgIpc) is 2.48. The van der Waals surface area contributed by atoms with Gasteiger partial charge in [-0.05, 0) is 18.2 Å². The first-order valence-corrected chi connectivity index (χ1v) is 8.51. The van der Waals surface area contributed by atoms with Crippen LogP contribution in [0.1, 0.15) is 12.0 Å². The quantitative estimate of drug-likeness (QED) is 0.871. The molecule has 0 saturated carbocycles. The van der Waals surface area contributed by atoms with Crippen molar-refractivity contribution in [2.45, 2.75) is 19.0 Å². The zero-order chi connectivity index (χ0) is 15.2. The molecule has 1 aliphatic heterocycles. The minimum absolute atomic E-state index is 0. The second kappa shape index (κ2) is 9.50. The molecule has 124 valence electrons. The largest absolute Gasteiger partial charge is 0.496 e. The highest BCUT2D eigenvalue weighted by molar-refractivity contribution is 7.99. The first-order chi connectivity index (χ1) is 10.1. The van der Waals surface area contributed by atoms with Crippen molar-refractivity contribution in [3.63, 3.8) is 0 Å².